The average Bonchev–Trinajstić information content (AvgIpc) is 3.04. The van der Waals surface area contributed by atoms with Crippen LogP contribution in [0.2, 0.25) is 0 Å². The van der Waals surface area contributed by atoms with Crippen LogP contribution in [0.5, 0.6) is 0 Å². The molecule has 1 heterocycles. The topological polar surface area (TPSA) is 79.4 Å². The molecule has 0 aliphatic rings. The van der Waals surface area contributed by atoms with E-state index in [-0.39, 0.29) is 17.2 Å². The summed E-state index contributed by atoms with van der Waals surface area (Å²) in [7, 11) is -3.52. The Bertz CT molecular complexity index is 1040. The van der Waals surface area contributed by atoms with Crippen molar-refractivity contribution in [2.75, 3.05) is 18.4 Å². The molecule has 3 rings (SSSR count). The smallest absolute Gasteiger partial charge is 0.243 e. The molecule has 0 radical (unpaired) electrons. The number of nitrogens with zero attached hydrogens (tertiary/aromatic N) is 2. The van der Waals surface area contributed by atoms with E-state index in [0.29, 0.717) is 23.7 Å². The number of anilines is 1. The standard InChI is InChI=1S/C19H21N3O3S2/c1-3-22(4-2)27(24,25)15-10-11-16-17(13-15)26-19(20-16)21-18(23)12-14-8-6-5-7-9-14/h5-11,13H,3-4,12H2,1-2H3,(H,20,21,23). The highest BCUT2D eigenvalue weighted by Gasteiger charge is 2.22. The van der Waals surface area contributed by atoms with Crippen LogP contribution in [0.4, 0.5) is 5.13 Å². The molecule has 8 heteroatoms. The molecule has 142 valence electrons. The summed E-state index contributed by atoms with van der Waals surface area (Å²) in [6.45, 7) is 4.46. The Kier molecular flexibility index (Phi) is 5.88. The maximum atomic E-state index is 12.7. The molecule has 0 saturated carbocycles. The number of hydrogen-bond acceptors (Lipinski definition) is 5. The van der Waals surface area contributed by atoms with Gasteiger partial charge in [0.1, 0.15) is 0 Å². The highest BCUT2D eigenvalue weighted by atomic mass is 32.2. The van der Waals surface area contributed by atoms with Crippen molar-refractivity contribution in [2.24, 2.45) is 0 Å². The summed E-state index contributed by atoms with van der Waals surface area (Å²) in [4.78, 5) is 16.8. The SMILES string of the molecule is CCN(CC)S(=O)(=O)c1ccc2nc(NC(=O)Cc3ccccc3)sc2c1. The third kappa shape index (κ3) is 4.35. The van der Waals surface area contributed by atoms with E-state index in [0.717, 1.165) is 10.3 Å². The molecule has 0 spiro atoms. The van der Waals surface area contributed by atoms with Crippen LogP contribution in [0.1, 0.15) is 19.4 Å². The Balaban J connectivity index is 1.81. The molecule has 6 nitrogen and oxygen atoms in total. The second-order valence-electron chi connectivity index (χ2n) is 5.95. The first-order chi connectivity index (χ1) is 12.9. The minimum atomic E-state index is -3.52. The highest BCUT2D eigenvalue weighted by Crippen LogP contribution is 2.29. The molecular formula is C19H21N3O3S2. The van der Waals surface area contributed by atoms with Gasteiger partial charge in [-0.2, -0.15) is 4.31 Å². The normalized spacial score (nSPS) is 11.8. The van der Waals surface area contributed by atoms with Gasteiger partial charge in [0, 0.05) is 13.1 Å². The van der Waals surface area contributed by atoms with E-state index in [4.69, 9.17) is 0 Å². The largest absolute Gasteiger partial charge is 0.302 e. The van der Waals surface area contributed by atoms with Crippen LogP contribution in [0.15, 0.2) is 53.4 Å². The summed E-state index contributed by atoms with van der Waals surface area (Å²) in [5, 5.41) is 3.25. The van der Waals surface area contributed by atoms with E-state index < -0.39 is 10.0 Å². The maximum absolute atomic E-state index is 12.7. The van der Waals surface area contributed by atoms with E-state index in [1.54, 1.807) is 18.2 Å². The first-order valence-electron chi connectivity index (χ1n) is 8.68. The lowest BCUT2D eigenvalue weighted by Crippen LogP contribution is -2.30. The molecule has 0 fully saturated rings. The van der Waals surface area contributed by atoms with Gasteiger partial charge in [0.25, 0.3) is 0 Å². The number of sulfonamides is 1. The fourth-order valence-corrected chi connectivity index (χ4v) is 5.26. The highest BCUT2D eigenvalue weighted by molar-refractivity contribution is 7.89. The third-order valence-corrected chi connectivity index (χ3v) is 7.14. The van der Waals surface area contributed by atoms with Crippen molar-refractivity contribution in [3.63, 3.8) is 0 Å². The lowest BCUT2D eigenvalue weighted by atomic mass is 10.1. The molecule has 27 heavy (non-hydrogen) atoms. The zero-order chi connectivity index (χ0) is 19.4. The van der Waals surface area contributed by atoms with Crippen molar-refractivity contribution < 1.29 is 13.2 Å². The lowest BCUT2D eigenvalue weighted by Gasteiger charge is -2.18. The molecule has 0 atom stereocenters. The van der Waals surface area contributed by atoms with Crippen LogP contribution in [0, 0.1) is 0 Å². The molecule has 1 N–H and O–H groups in total. The number of rotatable bonds is 7. The molecular weight excluding hydrogens is 382 g/mol. The predicted molar refractivity (Wildman–Crippen MR) is 109 cm³/mol. The minimum absolute atomic E-state index is 0.156. The summed E-state index contributed by atoms with van der Waals surface area (Å²) in [5.41, 5.74) is 1.58. The first-order valence-corrected chi connectivity index (χ1v) is 10.9. The summed E-state index contributed by atoms with van der Waals surface area (Å²) in [6, 6.07) is 14.3. The second kappa shape index (κ2) is 8.16. The number of carbonyl (C=O) groups is 1. The van der Waals surface area contributed by atoms with Gasteiger partial charge in [0.05, 0.1) is 21.5 Å². The molecule has 0 bridgehead atoms. The van der Waals surface area contributed by atoms with Gasteiger partial charge >= 0.3 is 0 Å². The van der Waals surface area contributed by atoms with Gasteiger partial charge in [-0.05, 0) is 23.8 Å². The third-order valence-electron chi connectivity index (χ3n) is 4.16. The summed E-state index contributed by atoms with van der Waals surface area (Å²) >= 11 is 1.27. The number of thiazole rings is 1. The van der Waals surface area contributed by atoms with Gasteiger partial charge in [0.15, 0.2) is 5.13 Å². The van der Waals surface area contributed by atoms with Crippen molar-refractivity contribution in [3.8, 4) is 0 Å². The van der Waals surface area contributed by atoms with Gasteiger partial charge < -0.3 is 5.32 Å². The fourth-order valence-electron chi connectivity index (χ4n) is 2.78. The Morgan fingerprint density at radius 3 is 2.48 bits per heavy atom. The lowest BCUT2D eigenvalue weighted by molar-refractivity contribution is -0.115. The zero-order valence-electron chi connectivity index (χ0n) is 15.2. The van der Waals surface area contributed by atoms with E-state index >= 15 is 0 Å². The van der Waals surface area contributed by atoms with Crippen LogP contribution in [-0.2, 0) is 21.2 Å². The van der Waals surface area contributed by atoms with Gasteiger partial charge in [-0.15, -0.1) is 0 Å². The quantitative estimate of drug-likeness (QED) is 0.655. The monoisotopic (exact) mass is 403 g/mol. The number of benzene rings is 2. The maximum Gasteiger partial charge on any atom is 0.243 e. The first kappa shape index (κ1) is 19.5. The number of aromatic nitrogens is 1. The summed E-state index contributed by atoms with van der Waals surface area (Å²) in [5.74, 6) is -0.156. The van der Waals surface area contributed by atoms with Crippen molar-refractivity contribution in [3.05, 3.63) is 54.1 Å². The van der Waals surface area contributed by atoms with E-state index in [9.17, 15) is 13.2 Å². The van der Waals surface area contributed by atoms with Gasteiger partial charge in [-0.3, -0.25) is 4.79 Å². The van der Waals surface area contributed by atoms with Crippen molar-refractivity contribution in [2.45, 2.75) is 25.2 Å². The second-order valence-corrected chi connectivity index (χ2v) is 8.92. The number of nitrogens with one attached hydrogen (secondary N) is 1. The van der Waals surface area contributed by atoms with Crippen LogP contribution in [-0.4, -0.2) is 36.7 Å². The van der Waals surface area contributed by atoms with Crippen molar-refractivity contribution in [1.29, 1.82) is 0 Å². The molecule has 2 aromatic carbocycles. The van der Waals surface area contributed by atoms with Crippen molar-refractivity contribution >= 4 is 42.6 Å². The molecule has 0 unspecified atom stereocenters. The van der Waals surface area contributed by atoms with E-state index in [2.05, 4.69) is 10.3 Å². The Hall–Kier alpha value is -2.29. The predicted octanol–water partition coefficient (Wildman–Crippen LogP) is 3.51. The molecule has 0 aliphatic carbocycles. The van der Waals surface area contributed by atoms with Crippen LogP contribution in [0.3, 0.4) is 0 Å². The Labute approximate surface area is 162 Å². The number of carbonyl (C=O) groups excluding carboxylic acids is 1. The van der Waals surface area contributed by atoms with E-state index in [1.165, 1.54) is 15.6 Å². The molecule has 0 saturated heterocycles. The van der Waals surface area contributed by atoms with Gasteiger partial charge in [-0.25, -0.2) is 13.4 Å². The van der Waals surface area contributed by atoms with Crippen LogP contribution < -0.4 is 5.32 Å². The average molecular weight is 404 g/mol. The minimum Gasteiger partial charge on any atom is -0.302 e. The number of amides is 1. The number of hydrogen-bond donors (Lipinski definition) is 1. The Morgan fingerprint density at radius 2 is 1.81 bits per heavy atom. The van der Waals surface area contributed by atoms with Crippen molar-refractivity contribution in [1.82, 2.24) is 9.29 Å². The molecule has 1 aromatic heterocycles. The van der Waals surface area contributed by atoms with Crippen LogP contribution >= 0.6 is 11.3 Å². The van der Waals surface area contributed by atoms with Gasteiger partial charge in [-0.1, -0.05) is 55.5 Å². The molecule has 3 aromatic rings. The molecule has 1 amide bonds. The zero-order valence-corrected chi connectivity index (χ0v) is 16.8. The fraction of sp³-hybridized carbons (Fsp3) is 0.263. The summed E-state index contributed by atoms with van der Waals surface area (Å²) in [6.07, 6.45) is 0.262. The van der Waals surface area contributed by atoms with Gasteiger partial charge in [0.2, 0.25) is 15.9 Å². The van der Waals surface area contributed by atoms with Crippen LogP contribution in [0.25, 0.3) is 10.2 Å². The van der Waals surface area contributed by atoms with E-state index in [1.807, 2.05) is 44.2 Å². The molecule has 0 aliphatic heterocycles. The summed E-state index contributed by atoms with van der Waals surface area (Å²) < 4.78 is 27.5. The number of fused-ring (bicyclic) bond motifs is 1. The Morgan fingerprint density at radius 1 is 1.11 bits per heavy atom.